The van der Waals surface area contributed by atoms with Crippen molar-refractivity contribution in [2.45, 2.75) is 31.1 Å². The molecule has 230 valence electrons. The predicted octanol–water partition coefficient (Wildman–Crippen LogP) is 4.49. The molecule has 1 aromatic heterocycles. The minimum atomic E-state index is -1.24. The van der Waals surface area contributed by atoms with Gasteiger partial charge < -0.3 is 34.3 Å². The zero-order chi connectivity index (χ0) is 31.2. The lowest BCUT2D eigenvalue weighted by Gasteiger charge is -2.40. The summed E-state index contributed by atoms with van der Waals surface area (Å²) in [7, 11) is 1.51. The topological polar surface area (TPSA) is 121 Å². The van der Waals surface area contributed by atoms with Crippen LogP contribution in [-0.2, 0) is 11.2 Å². The number of furan rings is 1. The molecule has 0 unspecified atom stereocenters. The second kappa shape index (κ2) is 14.2. The fourth-order valence-corrected chi connectivity index (χ4v) is 5.79. The third-order valence-electron chi connectivity index (χ3n) is 7.44. The molecule has 5 rings (SSSR count). The van der Waals surface area contributed by atoms with Crippen molar-refractivity contribution in [3.8, 4) is 11.5 Å². The van der Waals surface area contributed by atoms with Crippen LogP contribution in [0.25, 0.3) is 11.0 Å². The van der Waals surface area contributed by atoms with E-state index in [1.54, 1.807) is 54.6 Å². The molecule has 9 nitrogen and oxygen atoms in total. The summed E-state index contributed by atoms with van der Waals surface area (Å²) >= 11 is 2.12. The standard InChI is InChI=1S/C33H32FIN2O7/c1-42-27-11-5-7-21-18-29(44-31(21)27)33(41)37(14-12-20-6-4-8-23(34)16-20)25-17-22(32(40)36-13-15-38)19-28(30(25)39)43-26-10-3-2-9-24(26)35/h2-11,16,18-19,25,28,30,38-39H,12-15,17H2,1H3,(H,36,40)/t25-,28+,30+/m1/s1. The number of ether oxygens (including phenoxy) is 2. The molecule has 0 saturated carbocycles. The molecule has 0 bridgehead atoms. The number of para-hydroxylation sites is 2. The summed E-state index contributed by atoms with van der Waals surface area (Å²) in [5.74, 6) is -0.383. The van der Waals surface area contributed by atoms with E-state index in [0.717, 1.165) is 3.57 Å². The predicted molar refractivity (Wildman–Crippen MR) is 170 cm³/mol. The normalized spacial score (nSPS) is 18.0. The molecule has 1 aliphatic carbocycles. The Morgan fingerprint density at radius 2 is 1.86 bits per heavy atom. The molecule has 3 atom stereocenters. The van der Waals surface area contributed by atoms with Crippen LogP contribution in [-0.4, -0.2) is 72.0 Å². The van der Waals surface area contributed by atoms with E-state index in [4.69, 9.17) is 13.9 Å². The van der Waals surface area contributed by atoms with Crippen LogP contribution in [0.3, 0.4) is 0 Å². The van der Waals surface area contributed by atoms with Crippen molar-refractivity contribution in [2.75, 3.05) is 26.8 Å². The molecule has 4 aromatic rings. The van der Waals surface area contributed by atoms with Crippen LogP contribution in [0, 0.1) is 9.39 Å². The lowest BCUT2D eigenvalue weighted by Crippen LogP contribution is -2.55. The summed E-state index contributed by atoms with van der Waals surface area (Å²) in [5.41, 5.74) is 1.35. The number of halogens is 2. The fourth-order valence-electron chi connectivity index (χ4n) is 5.27. The number of methoxy groups -OCH3 is 1. The number of hydrogen-bond acceptors (Lipinski definition) is 7. The number of amides is 2. The van der Waals surface area contributed by atoms with E-state index in [1.807, 2.05) is 12.1 Å². The first-order chi connectivity index (χ1) is 21.3. The van der Waals surface area contributed by atoms with E-state index >= 15 is 0 Å². The SMILES string of the molecule is COc1cccc2cc(C(=O)N(CCc3cccc(F)c3)[C@@H]3CC(C(=O)NCCO)=C[C@H](Oc4ccccc4I)[C@H]3O)oc12. The zero-order valence-electron chi connectivity index (χ0n) is 23.9. The van der Waals surface area contributed by atoms with Crippen LogP contribution in [0.1, 0.15) is 22.5 Å². The van der Waals surface area contributed by atoms with Crippen molar-refractivity contribution in [1.29, 1.82) is 0 Å². The number of fused-ring (bicyclic) bond motifs is 1. The molecular weight excluding hydrogens is 682 g/mol. The monoisotopic (exact) mass is 714 g/mol. The lowest BCUT2D eigenvalue weighted by molar-refractivity contribution is -0.118. The van der Waals surface area contributed by atoms with E-state index in [0.29, 0.717) is 33.6 Å². The van der Waals surface area contributed by atoms with Gasteiger partial charge in [-0.05, 0) is 77.0 Å². The summed E-state index contributed by atoms with van der Waals surface area (Å²) in [5, 5.41) is 24.3. The van der Waals surface area contributed by atoms with E-state index in [9.17, 15) is 24.2 Å². The zero-order valence-corrected chi connectivity index (χ0v) is 26.1. The van der Waals surface area contributed by atoms with Gasteiger partial charge in [0.2, 0.25) is 5.91 Å². The molecule has 0 saturated heterocycles. The Bertz CT molecular complexity index is 1670. The van der Waals surface area contributed by atoms with Gasteiger partial charge in [0.15, 0.2) is 17.1 Å². The van der Waals surface area contributed by atoms with Crippen LogP contribution in [0.4, 0.5) is 4.39 Å². The van der Waals surface area contributed by atoms with Crippen LogP contribution in [0.2, 0.25) is 0 Å². The van der Waals surface area contributed by atoms with Crippen molar-refractivity contribution >= 4 is 45.4 Å². The molecule has 2 amide bonds. The van der Waals surface area contributed by atoms with Crippen LogP contribution >= 0.6 is 22.6 Å². The van der Waals surface area contributed by atoms with Gasteiger partial charge in [0.25, 0.3) is 5.91 Å². The number of aliphatic hydroxyl groups excluding tert-OH is 2. The highest BCUT2D eigenvalue weighted by Gasteiger charge is 2.41. The van der Waals surface area contributed by atoms with Gasteiger partial charge in [0.1, 0.15) is 23.8 Å². The molecule has 0 aliphatic heterocycles. The average molecular weight is 715 g/mol. The third-order valence-corrected chi connectivity index (χ3v) is 8.34. The summed E-state index contributed by atoms with van der Waals surface area (Å²) in [4.78, 5) is 28.8. The second-order valence-electron chi connectivity index (χ2n) is 10.3. The molecule has 1 aliphatic rings. The summed E-state index contributed by atoms with van der Waals surface area (Å²) in [6, 6.07) is 19.3. The molecule has 0 fully saturated rings. The number of rotatable bonds is 11. The molecule has 0 spiro atoms. The molecule has 3 N–H and O–H groups in total. The van der Waals surface area contributed by atoms with Gasteiger partial charge in [0, 0.05) is 30.5 Å². The fraction of sp³-hybridized carbons (Fsp3) is 0.273. The number of benzene rings is 3. The third kappa shape index (κ3) is 7.06. The molecule has 0 radical (unpaired) electrons. The smallest absolute Gasteiger partial charge is 0.289 e. The van der Waals surface area contributed by atoms with Gasteiger partial charge in [-0.1, -0.05) is 36.4 Å². The van der Waals surface area contributed by atoms with Gasteiger partial charge in [-0.3, -0.25) is 9.59 Å². The van der Waals surface area contributed by atoms with Gasteiger partial charge >= 0.3 is 0 Å². The highest BCUT2D eigenvalue weighted by Crippen LogP contribution is 2.33. The van der Waals surface area contributed by atoms with Crippen LogP contribution in [0.5, 0.6) is 11.5 Å². The average Bonchev–Trinajstić information content (AvgIpc) is 3.47. The maximum Gasteiger partial charge on any atom is 0.289 e. The Kier molecular flexibility index (Phi) is 10.2. The Hall–Kier alpha value is -3.94. The van der Waals surface area contributed by atoms with Crippen LogP contribution < -0.4 is 14.8 Å². The number of nitrogens with zero attached hydrogens (tertiary/aromatic N) is 1. The molecule has 3 aromatic carbocycles. The minimum absolute atomic E-state index is 0.00259. The molecule has 44 heavy (non-hydrogen) atoms. The highest BCUT2D eigenvalue weighted by atomic mass is 127. The van der Waals surface area contributed by atoms with E-state index in [1.165, 1.54) is 24.1 Å². The van der Waals surface area contributed by atoms with Crippen molar-refractivity contribution in [1.82, 2.24) is 10.2 Å². The molecule has 11 heteroatoms. The number of hydrogen-bond donors (Lipinski definition) is 3. The van der Waals surface area contributed by atoms with Crippen molar-refractivity contribution in [2.24, 2.45) is 0 Å². The Morgan fingerprint density at radius 3 is 2.61 bits per heavy atom. The van der Waals surface area contributed by atoms with Crippen molar-refractivity contribution in [3.05, 3.63) is 105 Å². The van der Waals surface area contributed by atoms with Gasteiger partial charge in [-0.25, -0.2) is 4.39 Å². The maximum atomic E-state index is 14.2. The quantitative estimate of drug-likeness (QED) is 0.196. The summed E-state index contributed by atoms with van der Waals surface area (Å²) < 4.78 is 32.4. The number of aliphatic hydroxyl groups is 2. The largest absolute Gasteiger partial charge is 0.493 e. The molecular formula is C33H32FIN2O7. The Morgan fingerprint density at radius 1 is 1.09 bits per heavy atom. The Labute approximate surface area is 267 Å². The van der Waals surface area contributed by atoms with Crippen molar-refractivity contribution < 1.29 is 38.1 Å². The van der Waals surface area contributed by atoms with Gasteiger partial charge in [-0.2, -0.15) is 0 Å². The van der Waals surface area contributed by atoms with E-state index < -0.39 is 35.9 Å². The highest BCUT2D eigenvalue weighted by molar-refractivity contribution is 14.1. The number of carbonyl (C=O) groups excluding carboxylic acids is 2. The first kappa shape index (κ1) is 31.5. The minimum Gasteiger partial charge on any atom is -0.493 e. The van der Waals surface area contributed by atoms with E-state index in [2.05, 4.69) is 27.9 Å². The Balaban J connectivity index is 1.53. The van der Waals surface area contributed by atoms with Gasteiger partial charge in [0.05, 0.1) is 23.3 Å². The van der Waals surface area contributed by atoms with Crippen LogP contribution in [0.15, 0.2) is 88.9 Å². The van der Waals surface area contributed by atoms with Gasteiger partial charge in [-0.15, -0.1) is 0 Å². The second-order valence-corrected chi connectivity index (χ2v) is 11.5. The first-order valence-electron chi connectivity index (χ1n) is 14.1. The first-order valence-corrected chi connectivity index (χ1v) is 15.2. The lowest BCUT2D eigenvalue weighted by atomic mass is 9.87. The van der Waals surface area contributed by atoms with E-state index in [-0.39, 0.29) is 38.3 Å². The maximum absolute atomic E-state index is 14.2. The summed E-state index contributed by atoms with van der Waals surface area (Å²) in [6.45, 7) is -0.130. The summed E-state index contributed by atoms with van der Waals surface area (Å²) in [6.07, 6.45) is -0.398. The molecule has 1 heterocycles. The number of carbonyl (C=O) groups is 2. The van der Waals surface area contributed by atoms with Crippen molar-refractivity contribution in [3.63, 3.8) is 0 Å². The number of nitrogens with one attached hydrogen (secondary N) is 1.